The highest BCUT2D eigenvalue weighted by Crippen LogP contribution is 2.26. The van der Waals surface area contributed by atoms with E-state index in [-0.39, 0.29) is 12.3 Å². The standard InChI is InChI=1S/C21H22F3N5O/c1-25-20(27-14-17-8-4-5-10-19(17)30-21(22,23)24)26-13-16-7-2-3-9-18(16)15-29-12-6-11-28-29/h2-12H,13-15H2,1H3,(H2,25,26,27). The summed E-state index contributed by atoms with van der Waals surface area (Å²) in [5, 5.41) is 10.4. The van der Waals surface area contributed by atoms with Gasteiger partial charge in [-0.05, 0) is 23.3 Å². The average molecular weight is 417 g/mol. The molecule has 30 heavy (non-hydrogen) atoms. The lowest BCUT2D eigenvalue weighted by molar-refractivity contribution is -0.274. The molecule has 2 aromatic carbocycles. The molecule has 1 heterocycles. The number of guanidine groups is 1. The lowest BCUT2D eigenvalue weighted by atomic mass is 10.1. The van der Waals surface area contributed by atoms with E-state index in [0.29, 0.717) is 24.6 Å². The number of halogens is 3. The van der Waals surface area contributed by atoms with Gasteiger partial charge >= 0.3 is 6.36 Å². The summed E-state index contributed by atoms with van der Waals surface area (Å²) in [5.74, 6) is 0.225. The molecule has 3 aromatic rings. The molecular weight excluding hydrogens is 395 g/mol. The third kappa shape index (κ3) is 6.26. The number of benzene rings is 2. The predicted octanol–water partition coefficient (Wildman–Crippen LogP) is 3.70. The average Bonchev–Trinajstić information content (AvgIpc) is 3.22. The molecule has 0 bridgehead atoms. The molecule has 0 atom stereocenters. The number of aromatic nitrogens is 2. The number of hydrogen-bond donors (Lipinski definition) is 2. The number of para-hydroxylation sites is 1. The summed E-state index contributed by atoms with van der Waals surface area (Å²) in [7, 11) is 1.60. The van der Waals surface area contributed by atoms with Crippen molar-refractivity contribution in [3.05, 3.63) is 83.7 Å². The first-order chi connectivity index (χ1) is 14.4. The van der Waals surface area contributed by atoms with Crippen LogP contribution in [0.15, 0.2) is 72.0 Å². The Hall–Kier alpha value is -3.49. The zero-order valence-corrected chi connectivity index (χ0v) is 16.4. The van der Waals surface area contributed by atoms with Crippen LogP contribution in [0.4, 0.5) is 13.2 Å². The monoisotopic (exact) mass is 417 g/mol. The van der Waals surface area contributed by atoms with Crippen LogP contribution in [0.1, 0.15) is 16.7 Å². The molecule has 3 rings (SSSR count). The quantitative estimate of drug-likeness (QED) is 0.455. The number of ether oxygens (including phenoxy) is 1. The summed E-state index contributed by atoms with van der Waals surface area (Å²) < 4.78 is 43.7. The molecule has 0 aliphatic heterocycles. The van der Waals surface area contributed by atoms with Crippen molar-refractivity contribution in [3.63, 3.8) is 0 Å². The molecule has 2 N–H and O–H groups in total. The van der Waals surface area contributed by atoms with Gasteiger partial charge in [0.25, 0.3) is 0 Å². The van der Waals surface area contributed by atoms with Gasteiger partial charge in [-0.15, -0.1) is 13.2 Å². The highest BCUT2D eigenvalue weighted by atomic mass is 19.4. The van der Waals surface area contributed by atoms with Crippen molar-refractivity contribution in [2.24, 2.45) is 4.99 Å². The SMILES string of the molecule is CN=C(NCc1ccccc1Cn1cccn1)NCc1ccccc1OC(F)(F)F. The summed E-state index contributed by atoms with van der Waals surface area (Å²) >= 11 is 0. The van der Waals surface area contributed by atoms with E-state index in [9.17, 15) is 13.2 Å². The first-order valence-electron chi connectivity index (χ1n) is 9.27. The van der Waals surface area contributed by atoms with Gasteiger partial charge in [0, 0.05) is 38.1 Å². The summed E-state index contributed by atoms with van der Waals surface area (Å²) in [6.07, 6.45) is -1.12. The summed E-state index contributed by atoms with van der Waals surface area (Å²) in [5.41, 5.74) is 2.54. The zero-order chi connectivity index (χ0) is 21.4. The zero-order valence-electron chi connectivity index (χ0n) is 16.4. The van der Waals surface area contributed by atoms with Gasteiger partial charge in [0.15, 0.2) is 5.96 Å². The van der Waals surface area contributed by atoms with Crippen molar-refractivity contribution in [1.29, 1.82) is 0 Å². The largest absolute Gasteiger partial charge is 0.573 e. The van der Waals surface area contributed by atoms with Crippen molar-refractivity contribution in [1.82, 2.24) is 20.4 Å². The van der Waals surface area contributed by atoms with Crippen molar-refractivity contribution in [2.45, 2.75) is 26.0 Å². The van der Waals surface area contributed by atoms with Crippen LogP contribution in [0.25, 0.3) is 0 Å². The third-order valence-electron chi connectivity index (χ3n) is 4.32. The molecule has 0 radical (unpaired) electrons. The molecule has 0 spiro atoms. The van der Waals surface area contributed by atoms with Crippen LogP contribution in [-0.2, 0) is 19.6 Å². The highest BCUT2D eigenvalue weighted by Gasteiger charge is 2.31. The molecule has 158 valence electrons. The van der Waals surface area contributed by atoms with Crippen molar-refractivity contribution < 1.29 is 17.9 Å². The van der Waals surface area contributed by atoms with E-state index in [1.165, 1.54) is 12.1 Å². The fourth-order valence-electron chi connectivity index (χ4n) is 2.91. The maximum Gasteiger partial charge on any atom is 0.573 e. The minimum atomic E-state index is -4.74. The smallest absolute Gasteiger partial charge is 0.405 e. The number of nitrogens with one attached hydrogen (secondary N) is 2. The Morgan fingerprint density at radius 3 is 2.23 bits per heavy atom. The van der Waals surface area contributed by atoms with Crippen LogP contribution >= 0.6 is 0 Å². The van der Waals surface area contributed by atoms with E-state index in [1.807, 2.05) is 41.2 Å². The molecule has 9 heteroatoms. The Balaban J connectivity index is 1.60. The number of hydrogen-bond acceptors (Lipinski definition) is 3. The number of alkyl halides is 3. The lowest BCUT2D eigenvalue weighted by Crippen LogP contribution is -2.36. The molecule has 1 aromatic heterocycles. The molecule has 0 saturated carbocycles. The molecule has 6 nitrogen and oxygen atoms in total. The van der Waals surface area contributed by atoms with E-state index in [1.54, 1.807) is 25.4 Å². The van der Waals surface area contributed by atoms with Crippen LogP contribution < -0.4 is 15.4 Å². The molecule has 0 aliphatic carbocycles. The van der Waals surface area contributed by atoms with E-state index in [4.69, 9.17) is 0 Å². The van der Waals surface area contributed by atoms with Crippen LogP contribution in [0.5, 0.6) is 5.75 Å². The predicted molar refractivity (Wildman–Crippen MR) is 108 cm³/mol. The van der Waals surface area contributed by atoms with E-state index < -0.39 is 6.36 Å². The number of aliphatic imine (C=N–C) groups is 1. The van der Waals surface area contributed by atoms with Gasteiger partial charge in [-0.1, -0.05) is 42.5 Å². The molecule has 0 fully saturated rings. The van der Waals surface area contributed by atoms with Crippen LogP contribution in [-0.4, -0.2) is 29.2 Å². The van der Waals surface area contributed by atoms with Gasteiger partial charge in [-0.3, -0.25) is 9.67 Å². The van der Waals surface area contributed by atoms with Gasteiger partial charge in [-0.25, -0.2) is 0 Å². The van der Waals surface area contributed by atoms with Crippen molar-refractivity contribution in [3.8, 4) is 5.75 Å². The van der Waals surface area contributed by atoms with Crippen molar-refractivity contribution in [2.75, 3.05) is 7.05 Å². The third-order valence-corrected chi connectivity index (χ3v) is 4.32. The normalized spacial score (nSPS) is 11.9. The first kappa shape index (κ1) is 21.2. The first-order valence-corrected chi connectivity index (χ1v) is 9.27. The fourth-order valence-corrected chi connectivity index (χ4v) is 2.91. The molecule has 0 saturated heterocycles. The maximum absolute atomic E-state index is 12.6. The van der Waals surface area contributed by atoms with Gasteiger partial charge in [0.05, 0.1) is 6.54 Å². The van der Waals surface area contributed by atoms with Gasteiger partial charge in [0.2, 0.25) is 0 Å². The Labute approximate surface area is 172 Å². The summed E-state index contributed by atoms with van der Waals surface area (Å²) in [6, 6.07) is 15.8. The minimum absolute atomic E-state index is 0.126. The van der Waals surface area contributed by atoms with Crippen LogP contribution in [0.2, 0.25) is 0 Å². The van der Waals surface area contributed by atoms with Crippen molar-refractivity contribution >= 4 is 5.96 Å². The minimum Gasteiger partial charge on any atom is -0.405 e. The Morgan fingerprint density at radius 2 is 1.60 bits per heavy atom. The molecule has 0 aliphatic rings. The molecule has 0 amide bonds. The Morgan fingerprint density at radius 1 is 0.967 bits per heavy atom. The van der Waals surface area contributed by atoms with Crippen LogP contribution in [0, 0.1) is 0 Å². The highest BCUT2D eigenvalue weighted by molar-refractivity contribution is 5.79. The van der Waals surface area contributed by atoms with E-state index in [0.717, 1.165) is 11.1 Å². The second kappa shape index (κ2) is 9.82. The second-order valence-electron chi connectivity index (χ2n) is 6.41. The molecule has 0 unspecified atom stereocenters. The van der Waals surface area contributed by atoms with E-state index >= 15 is 0 Å². The maximum atomic E-state index is 12.6. The van der Waals surface area contributed by atoms with Gasteiger partial charge in [-0.2, -0.15) is 5.10 Å². The van der Waals surface area contributed by atoms with Gasteiger partial charge < -0.3 is 15.4 Å². The fraction of sp³-hybridized carbons (Fsp3) is 0.238. The lowest BCUT2D eigenvalue weighted by Gasteiger charge is -2.16. The summed E-state index contributed by atoms with van der Waals surface area (Å²) in [4.78, 5) is 4.14. The second-order valence-corrected chi connectivity index (χ2v) is 6.41. The molecular formula is C21H22F3N5O. The number of nitrogens with zero attached hydrogens (tertiary/aromatic N) is 3. The Kier molecular flexibility index (Phi) is 6.95. The Bertz CT molecular complexity index is 971. The summed E-state index contributed by atoms with van der Waals surface area (Å²) in [6.45, 7) is 1.26. The van der Waals surface area contributed by atoms with E-state index in [2.05, 4.69) is 25.5 Å². The number of rotatable bonds is 7. The topological polar surface area (TPSA) is 63.5 Å². The van der Waals surface area contributed by atoms with Gasteiger partial charge in [0.1, 0.15) is 5.75 Å². The van der Waals surface area contributed by atoms with Crippen LogP contribution in [0.3, 0.4) is 0 Å².